The number of rotatable bonds is 4. The molecule has 10 heteroatoms. The number of aromatic amines is 1. The fourth-order valence-electron chi connectivity index (χ4n) is 2.43. The van der Waals surface area contributed by atoms with Crippen molar-refractivity contribution in [1.82, 2.24) is 15.1 Å². The number of hydrogen-bond acceptors (Lipinski definition) is 7. The SMILES string of the molecule is Cc1nc(-c2ccc(Cl)s2)sc1C(=O)Nc1cccc(-c2noc(=O)[nH]2)c1. The third-order valence-electron chi connectivity index (χ3n) is 3.62. The van der Waals surface area contributed by atoms with Crippen LogP contribution in [0.2, 0.25) is 4.34 Å². The molecular formula is C17H11ClN4O3S2. The minimum atomic E-state index is -0.638. The van der Waals surface area contributed by atoms with Crippen LogP contribution < -0.4 is 11.1 Å². The summed E-state index contributed by atoms with van der Waals surface area (Å²) in [6, 6.07) is 10.6. The van der Waals surface area contributed by atoms with Gasteiger partial charge in [0, 0.05) is 11.3 Å². The lowest BCUT2D eigenvalue weighted by molar-refractivity contribution is 0.103. The Balaban J connectivity index is 1.58. The number of carbonyl (C=O) groups excluding carboxylic acids is 1. The second-order valence-electron chi connectivity index (χ2n) is 5.52. The average Bonchev–Trinajstić information content (AvgIpc) is 3.35. The van der Waals surface area contributed by atoms with Crippen molar-refractivity contribution in [2.45, 2.75) is 6.92 Å². The molecule has 4 aromatic rings. The Hall–Kier alpha value is -2.75. The van der Waals surface area contributed by atoms with E-state index in [4.69, 9.17) is 11.6 Å². The maximum atomic E-state index is 12.7. The molecule has 0 fully saturated rings. The maximum Gasteiger partial charge on any atom is 0.439 e. The van der Waals surface area contributed by atoms with Gasteiger partial charge in [0.25, 0.3) is 5.91 Å². The lowest BCUT2D eigenvalue weighted by atomic mass is 10.2. The Morgan fingerprint density at radius 3 is 2.81 bits per heavy atom. The largest absolute Gasteiger partial charge is 0.439 e. The van der Waals surface area contributed by atoms with E-state index in [1.54, 1.807) is 37.3 Å². The molecule has 3 heterocycles. The summed E-state index contributed by atoms with van der Waals surface area (Å²) in [5.41, 5.74) is 1.83. The van der Waals surface area contributed by atoms with Crippen LogP contribution in [0.5, 0.6) is 0 Å². The van der Waals surface area contributed by atoms with Gasteiger partial charge in [0.15, 0.2) is 5.82 Å². The van der Waals surface area contributed by atoms with E-state index < -0.39 is 5.76 Å². The molecular weight excluding hydrogens is 408 g/mol. The predicted molar refractivity (Wildman–Crippen MR) is 106 cm³/mol. The highest BCUT2D eigenvalue weighted by molar-refractivity contribution is 7.24. The highest BCUT2D eigenvalue weighted by atomic mass is 35.5. The van der Waals surface area contributed by atoms with Crippen LogP contribution in [0.1, 0.15) is 15.4 Å². The van der Waals surface area contributed by atoms with Gasteiger partial charge in [0.1, 0.15) is 9.88 Å². The smallest absolute Gasteiger partial charge is 0.321 e. The number of nitrogens with zero attached hydrogens (tertiary/aromatic N) is 2. The number of H-pyrrole nitrogens is 1. The number of amides is 1. The summed E-state index contributed by atoms with van der Waals surface area (Å²) in [4.78, 5) is 32.2. The average molecular weight is 419 g/mol. The molecule has 3 aromatic heterocycles. The highest BCUT2D eigenvalue weighted by Gasteiger charge is 2.18. The van der Waals surface area contributed by atoms with E-state index in [0.717, 1.165) is 9.88 Å². The normalized spacial score (nSPS) is 10.9. The first-order valence-corrected chi connectivity index (χ1v) is 9.71. The molecule has 0 spiro atoms. The first-order chi connectivity index (χ1) is 13.0. The molecule has 136 valence electrons. The topological polar surface area (TPSA) is 101 Å². The van der Waals surface area contributed by atoms with Gasteiger partial charge >= 0.3 is 5.76 Å². The van der Waals surface area contributed by atoms with Crippen LogP contribution in [0.3, 0.4) is 0 Å². The van der Waals surface area contributed by atoms with Gasteiger partial charge in [-0.05, 0) is 31.2 Å². The molecule has 0 bridgehead atoms. The Morgan fingerprint density at radius 2 is 2.11 bits per heavy atom. The van der Waals surface area contributed by atoms with E-state index >= 15 is 0 Å². The highest BCUT2D eigenvalue weighted by Crippen LogP contribution is 2.35. The number of aryl methyl sites for hydroxylation is 1. The zero-order valence-electron chi connectivity index (χ0n) is 13.8. The predicted octanol–water partition coefficient (Wildman–Crippen LogP) is 4.43. The molecule has 0 radical (unpaired) electrons. The lowest BCUT2D eigenvalue weighted by Crippen LogP contribution is -2.11. The summed E-state index contributed by atoms with van der Waals surface area (Å²) in [6.07, 6.45) is 0. The molecule has 1 amide bonds. The van der Waals surface area contributed by atoms with Crippen molar-refractivity contribution in [2.24, 2.45) is 0 Å². The van der Waals surface area contributed by atoms with Crippen molar-refractivity contribution in [3.05, 3.63) is 61.9 Å². The molecule has 27 heavy (non-hydrogen) atoms. The van der Waals surface area contributed by atoms with Gasteiger partial charge in [0.2, 0.25) is 0 Å². The van der Waals surface area contributed by atoms with E-state index in [1.165, 1.54) is 22.7 Å². The van der Waals surface area contributed by atoms with Gasteiger partial charge in [-0.3, -0.25) is 14.3 Å². The van der Waals surface area contributed by atoms with Gasteiger partial charge < -0.3 is 5.32 Å². The lowest BCUT2D eigenvalue weighted by Gasteiger charge is -2.05. The van der Waals surface area contributed by atoms with Gasteiger partial charge in [-0.2, -0.15) is 0 Å². The van der Waals surface area contributed by atoms with E-state index in [0.29, 0.717) is 32.0 Å². The van der Waals surface area contributed by atoms with Crippen molar-refractivity contribution < 1.29 is 9.32 Å². The minimum Gasteiger partial charge on any atom is -0.321 e. The standard InChI is InChI=1S/C17H11ClN4O3S2/c1-8-13(27-16(19-8)11-5-6-12(18)26-11)15(23)20-10-4-2-3-9(7-10)14-21-17(24)25-22-14/h2-7H,1H3,(H,20,23)(H,21,22,24). The molecule has 0 atom stereocenters. The molecule has 0 saturated carbocycles. The number of benzene rings is 1. The monoisotopic (exact) mass is 418 g/mol. The molecule has 0 aliphatic rings. The summed E-state index contributed by atoms with van der Waals surface area (Å²) in [5, 5.41) is 7.24. The van der Waals surface area contributed by atoms with Crippen molar-refractivity contribution in [3.8, 4) is 21.3 Å². The van der Waals surface area contributed by atoms with Crippen LogP contribution in [0.25, 0.3) is 21.3 Å². The molecule has 0 saturated heterocycles. The Labute approximate surface area is 165 Å². The number of nitrogens with one attached hydrogen (secondary N) is 2. The summed E-state index contributed by atoms with van der Waals surface area (Å²) in [7, 11) is 0. The van der Waals surface area contributed by atoms with Gasteiger partial charge in [0.05, 0.1) is 14.9 Å². The summed E-state index contributed by atoms with van der Waals surface area (Å²) in [5.74, 6) is -0.604. The van der Waals surface area contributed by atoms with E-state index in [1.807, 2.05) is 6.07 Å². The third kappa shape index (κ3) is 3.70. The van der Waals surface area contributed by atoms with Crippen molar-refractivity contribution in [2.75, 3.05) is 5.32 Å². The van der Waals surface area contributed by atoms with Crippen molar-refractivity contribution >= 4 is 45.9 Å². The Kier molecular flexibility index (Phi) is 4.65. The van der Waals surface area contributed by atoms with Crippen molar-refractivity contribution in [3.63, 3.8) is 0 Å². The number of thiophene rings is 1. The van der Waals surface area contributed by atoms with Crippen LogP contribution >= 0.6 is 34.3 Å². The second-order valence-corrected chi connectivity index (χ2v) is 8.23. The molecule has 0 unspecified atom stereocenters. The summed E-state index contributed by atoms with van der Waals surface area (Å²) < 4.78 is 5.18. The van der Waals surface area contributed by atoms with E-state index in [2.05, 4.69) is 25.0 Å². The van der Waals surface area contributed by atoms with Crippen LogP contribution in [0.4, 0.5) is 5.69 Å². The number of aromatic nitrogens is 3. The molecule has 2 N–H and O–H groups in total. The molecule has 1 aromatic carbocycles. The van der Waals surface area contributed by atoms with E-state index in [-0.39, 0.29) is 5.91 Å². The Morgan fingerprint density at radius 1 is 1.26 bits per heavy atom. The summed E-state index contributed by atoms with van der Waals surface area (Å²) >= 11 is 8.70. The zero-order chi connectivity index (χ0) is 19.0. The number of halogens is 1. The summed E-state index contributed by atoms with van der Waals surface area (Å²) in [6.45, 7) is 1.79. The van der Waals surface area contributed by atoms with Crippen LogP contribution in [0.15, 0.2) is 45.7 Å². The first kappa shape index (κ1) is 17.7. The number of hydrogen-bond donors (Lipinski definition) is 2. The molecule has 0 aliphatic heterocycles. The van der Waals surface area contributed by atoms with Crippen LogP contribution in [-0.2, 0) is 0 Å². The quantitative estimate of drug-likeness (QED) is 0.510. The second kappa shape index (κ2) is 7.10. The molecule has 7 nitrogen and oxygen atoms in total. The zero-order valence-corrected chi connectivity index (χ0v) is 16.2. The fourth-order valence-corrected chi connectivity index (χ4v) is 4.49. The van der Waals surface area contributed by atoms with Gasteiger partial charge in [-0.15, -0.1) is 22.7 Å². The van der Waals surface area contributed by atoms with Gasteiger partial charge in [-0.1, -0.05) is 28.9 Å². The van der Waals surface area contributed by atoms with Crippen molar-refractivity contribution in [1.29, 1.82) is 0 Å². The number of carbonyl (C=O) groups is 1. The van der Waals surface area contributed by atoms with Crippen LogP contribution in [0, 0.1) is 6.92 Å². The molecule has 0 aliphatic carbocycles. The minimum absolute atomic E-state index is 0.260. The molecule has 4 rings (SSSR count). The first-order valence-electron chi connectivity index (χ1n) is 7.70. The van der Waals surface area contributed by atoms with E-state index in [9.17, 15) is 9.59 Å². The fraction of sp³-hybridized carbons (Fsp3) is 0.0588. The number of anilines is 1. The van der Waals surface area contributed by atoms with Gasteiger partial charge in [-0.25, -0.2) is 9.78 Å². The number of thiazole rings is 1. The van der Waals surface area contributed by atoms with Crippen LogP contribution in [-0.4, -0.2) is 21.0 Å². The maximum absolute atomic E-state index is 12.7. The third-order valence-corrected chi connectivity index (χ3v) is 6.18. The Bertz CT molecular complexity index is 1190.